The second-order valence-corrected chi connectivity index (χ2v) is 6.26. The number of carbonyl (C=O) groups excluding carboxylic acids is 2. The van der Waals surface area contributed by atoms with Crippen LogP contribution >= 0.6 is 0 Å². The van der Waals surface area contributed by atoms with E-state index in [4.69, 9.17) is 21.7 Å². The Kier molecular flexibility index (Phi) is 19.3. The minimum Gasteiger partial charge on any atom is -0.481 e. The third-order valence-corrected chi connectivity index (χ3v) is 3.63. The fourth-order valence-electron chi connectivity index (χ4n) is 2.21. The summed E-state index contributed by atoms with van der Waals surface area (Å²) in [5.41, 5.74) is 9.71. The lowest BCUT2D eigenvalue weighted by Crippen LogP contribution is -2.12. The Bertz CT molecular complexity index is 374. The van der Waals surface area contributed by atoms with Gasteiger partial charge in [-0.2, -0.15) is 0 Å². The fourth-order valence-corrected chi connectivity index (χ4v) is 2.21. The van der Waals surface area contributed by atoms with Crippen molar-refractivity contribution in [1.29, 1.82) is 0 Å². The van der Waals surface area contributed by atoms with Gasteiger partial charge in [-0.3, -0.25) is 19.2 Å². The first-order chi connectivity index (χ1) is 12.3. The summed E-state index contributed by atoms with van der Waals surface area (Å²) >= 11 is 0. The molecule has 0 aliphatic carbocycles. The van der Waals surface area contributed by atoms with Crippen LogP contribution in [-0.4, -0.2) is 34.0 Å². The first kappa shape index (κ1) is 26.1. The summed E-state index contributed by atoms with van der Waals surface area (Å²) in [6.45, 7) is 0. The average Bonchev–Trinajstić information content (AvgIpc) is 2.53. The highest BCUT2D eigenvalue weighted by Crippen LogP contribution is 2.10. The summed E-state index contributed by atoms with van der Waals surface area (Å²) in [6.07, 6.45) is 10.5. The molecule has 8 nitrogen and oxygen atoms in total. The molecule has 152 valence electrons. The lowest BCUT2D eigenvalue weighted by Gasteiger charge is -2.00. The van der Waals surface area contributed by atoms with Gasteiger partial charge in [-0.1, -0.05) is 38.5 Å². The fraction of sp³-hybridized carbons (Fsp3) is 0.778. The maximum atomic E-state index is 10.2. The van der Waals surface area contributed by atoms with Crippen LogP contribution in [-0.2, 0) is 19.2 Å². The van der Waals surface area contributed by atoms with Crippen LogP contribution in [0.2, 0.25) is 0 Å². The van der Waals surface area contributed by atoms with E-state index in [1.807, 2.05) is 0 Å². The minimum atomic E-state index is -0.714. The molecule has 2 amide bonds. The zero-order chi connectivity index (χ0) is 20.2. The summed E-state index contributed by atoms with van der Waals surface area (Å²) in [5, 5.41) is 16.8. The van der Waals surface area contributed by atoms with Crippen molar-refractivity contribution in [3.8, 4) is 0 Å². The molecule has 0 aliphatic heterocycles. The molecule has 0 fully saturated rings. The molecular formula is C18H34N2O6. The van der Waals surface area contributed by atoms with Crippen LogP contribution in [0.4, 0.5) is 0 Å². The van der Waals surface area contributed by atoms with Gasteiger partial charge in [0.15, 0.2) is 0 Å². The highest BCUT2D eigenvalue weighted by atomic mass is 16.4. The topological polar surface area (TPSA) is 161 Å². The number of aliphatic carboxylic acids is 2. The smallest absolute Gasteiger partial charge is 0.303 e. The molecule has 0 spiro atoms. The van der Waals surface area contributed by atoms with Crippen molar-refractivity contribution in [2.45, 2.75) is 89.9 Å². The number of unbranched alkanes of at least 4 members (excludes halogenated alkanes) is 8. The van der Waals surface area contributed by atoms with Crippen LogP contribution in [0.3, 0.4) is 0 Å². The number of rotatable bonds is 16. The van der Waals surface area contributed by atoms with Gasteiger partial charge in [0.2, 0.25) is 11.8 Å². The van der Waals surface area contributed by atoms with Crippen molar-refractivity contribution in [2.24, 2.45) is 11.5 Å². The Morgan fingerprint density at radius 3 is 0.923 bits per heavy atom. The third-order valence-electron chi connectivity index (χ3n) is 3.63. The van der Waals surface area contributed by atoms with Crippen LogP contribution in [0.15, 0.2) is 0 Å². The van der Waals surface area contributed by atoms with Gasteiger partial charge in [0, 0.05) is 25.7 Å². The van der Waals surface area contributed by atoms with Gasteiger partial charge in [-0.25, -0.2) is 0 Å². The SMILES string of the molecule is NC(=O)CCCCC(N)=O.O=C(O)CCCCCCCCCCC(=O)O. The number of carboxylic acid groups (broad SMARTS) is 2. The molecule has 0 saturated carbocycles. The predicted octanol–water partition coefficient (Wildman–Crippen LogP) is 2.57. The standard InChI is InChI=1S/C12H22O4.C6H12N2O2/c13-11(14)9-7-5-3-1-2-4-6-8-10-12(15)16;7-5(9)3-1-2-4-6(8)10/h1-10H2,(H,13,14)(H,15,16);1-4H2,(H2,7,9)(H2,8,10). The summed E-state index contributed by atoms with van der Waals surface area (Å²) in [5.74, 6) is -2.09. The summed E-state index contributed by atoms with van der Waals surface area (Å²) in [4.78, 5) is 40.7. The zero-order valence-corrected chi connectivity index (χ0v) is 15.6. The van der Waals surface area contributed by atoms with Crippen LogP contribution < -0.4 is 11.5 Å². The molecule has 6 N–H and O–H groups in total. The molecule has 0 aromatic rings. The molecule has 26 heavy (non-hydrogen) atoms. The Morgan fingerprint density at radius 1 is 0.462 bits per heavy atom. The van der Waals surface area contributed by atoms with E-state index in [9.17, 15) is 19.2 Å². The molecular weight excluding hydrogens is 340 g/mol. The molecule has 0 aliphatic rings. The molecule has 0 heterocycles. The molecule has 0 radical (unpaired) electrons. The highest BCUT2D eigenvalue weighted by Gasteiger charge is 1.98. The quantitative estimate of drug-likeness (QED) is 0.304. The molecule has 0 aromatic carbocycles. The van der Waals surface area contributed by atoms with E-state index in [2.05, 4.69) is 0 Å². The minimum absolute atomic E-state index is 0.276. The van der Waals surface area contributed by atoms with E-state index in [1.165, 1.54) is 0 Å². The Balaban J connectivity index is 0. The van der Waals surface area contributed by atoms with Crippen molar-refractivity contribution < 1.29 is 29.4 Å². The van der Waals surface area contributed by atoms with Gasteiger partial charge in [-0.15, -0.1) is 0 Å². The van der Waals surface area contributed by atoms with Crippen molar-refractivity contribution in [3.63, 3.8) is 0 Å². The van der Waals surface area contributed by atoms with Crippen LogP contribution in [0, 0.1) is 0 Å². The Labute approximate surface area is 155 Å². The number of carboxylic acids is 2. The van der Waals surface area contributed by atoms with Gasteiger partial charge in [0.1, 0.15) is 0 Å². The first-order valence-corrected chi connectivity index (χ1v) is 9.26. The number of carbonyl (C=O) groups is 4. The number of amides is 2. The van der Waals surface area contributed by atoms with Gasteiger partial charge >= 0.3 is 11.9 Å². The zero-order valence-electron chi connectivity index (χ0n) is 15.6. The molecule has 0 bridgehead atoms. The van der Waals surface area contributed by atoms with Gasteiger partial charge in [0.05, 0.1) is 0 Å². The molecule has 0 unspecified atom stereocenters. The van der Waals surface area contributed by atoms with E-state index in [-0.39, 0.29) is 24.7 Å². The molecule has 0 atom stereocenters. The highest BCUT2D eigenvalue weighted by molar-refractivity contribution is 5.74. The molecule has 0 saturated heterocycles. The Morgan fingerprint density at radius 2 is 0.692 bits per heavy atom. The largest absolute Gasteiger partial charge is 0.481 e. The second kappa shape index (κ2) is 19.2. The predicted molar refractivity (Wildman–Crippen MR) is 98.3 cm³/mol. The van der Waals surface area contributed by atoms with Gasteiger partial charge < -0.3 is 21.7 Å². The van der Waals surface area contributed by atoms with Crippen molar-refractivity contribution in [2.75, 3.05) is 0 Å². The maximum absolute atomic E-state index is 10.2. The summed E-state index contributed by atoms with van der Waals surface area (Å²) in [7, 11) is 0. The van der Waals surface area contributed by atoms with E-state index < -0.39 is 11.9 Å². The normalized spacial score (nSPS) is 9.85. The average molecular weight is 374 g/mol. The van der Waals surface area contributed by atoms with Crippen molar-refractivity contribution in [3.05, 3.63) is 0 Å². The van der Waals surface area contributed by atoms with Crippen LogP contribution in [0.5, 0.6) is 0 Å². The van der Waals surface area contributed by atoms with Crippen LogP contribution in [0.25, 0.3) is 0 Å². The second-order valence-electron chi connectivity index (χ2n) is 6.26. The number of hydrogen-bond donors (Lipinski definition) is 4. The van der Waals surface area contributed by atoms with Crippen molar-refractivity contribution in [1.82, 2.24) is 0 Å². The van der Waals surface area contributed by atoms with E-state index in [1.54, 1.807) is 0 Å². The van der Waals surface area contributed by atoms with Gasteiger partial charge in [-0.05, 0) is 25.7 Å². The Hall–Kier alpha value is -2.12. The summed E-state index contributed by atoms with van der Waals surface area (Å²) < 4.78 is 0. The van der Waals surface area contributed by atoms with E-state index in [0.29, 0.717) is 25.7 Å². The molecule has 0 rings (SSSR count). The monoisotopic (exact) mass is 374 g/mol. The lowest BCUT2D eigenvalue weighted by atomic mass is 10.1. The molecule has 0 aromatic heterocycles. The third kappa shape index (κ3) is 29.8. The number of hydrogen-bond acceptors (Lipinski definition) is 4. The van der Waals surface area contributed by atoms with Crippen molar-refractivity contribution >= 4 is 23.8 Å². The lowest BCUT2D eigenvalue weighted by molar-refractivity contribution is -0.138. The van der Waals surface area contributed by atoms with Gasteiger partial charge in [0.25, 0.3) is 0 Å². The van der Waals surface area contributed by atoms with E-state index in [0.717, 1.165) is 51.4 Å². The molecule has 8 heteroatoms. The summed E-state index contributed by atoms with van der Waals surface area (Å²) in [6, 6.07) is 0. The number of nitrogens with two attached hydrogens (primary N) is 2. The first-order valence-electron chi connectivity index (χ1n) is 9.26. The van der Waals surface area contributed by atoms with E-state index >= 15 is 0 Å². The number of primary amides is 2. The van der Waals surface area contributed by atoms with Crippen LogP contribution in [0.1, 0.15) is 89.9 Å². The maximum Gasteiger partial charge on any atom is 0.303 e.